The third-order valence-electron chi connectivity index (χ3n) is 3.54. The van der Waals surface area contributed by atoms with Gasteiger partial charge in [-0.1, -0.05) is 18.2 Å². The third kappa shape index (κ3) is 4.92. The molecular weight excluding hydrogens is 309 g/mol. The molecule has 0 aliphatic rings. The normalized spacial score (nSPS) is 10.8. The van der Waals surface area contributed by atoms with Crippen molar-refractivity contribution in [1.82, 2.24) is 4.98 Å². The van der Waals surface area contributed by atoms with Gasteiger partial charge in [0, 0.05) is 17.1 Å². The Balaban J connectivity index is 0.00000200. The molecule has 118 valence electrons. The maximum atomic E-state index is 9.88. The first-order valence-electron chi connectivity index (χ1n) is 6.89. The van der Waals surface area contributed by atoms with Crippen molar-refractivity contribution >= 4 is 29.5 Å². The van der Waals surface area contributed by atoms with E-state index in [0.29, 0.717) is 0 Å². The minimum absolute atomic E-state index is 0. The average molecular weight is 332 g/mol. The Bertz CT molecular complexity index is 565. The summed E-state index contributed by atoms with van der Waals surface area (Å²) >= 11 is 0. The highest BCUT2D eigenvalue weighted by Gasteiger charge is 2.07. The maximum Gasteiger partial charge on any atom is 0.198 e. The topological polar surface area (TPSA) is 52.8 Å². The lowest BCUT2D eigenvalue weighted by Crippen LogP contribution is -3.11. The lowest BCUT2D eigenvalue weighted by Gasteiger charge is -2.13. The van der Waals surface area contributed by atoms with Crippen LogP contribution >= 0.6 is 12.4 Å². The number of benzene rings is 1. The number of aliphatic imine (C=N–C) groups is 1. The molecule has 0 aliphatic heterocycles. The SMILES string of the molecule is CC[NH+](CC)CCN=Cc1c(O)[nH]c2ccccc12.Cl.[Cl-]. The van der Waals surface area contributed by atoms with Crippen LogP contribution in [0.4, 0.5) is 0 Å². The molecule has 6 heteroatoms. The summed E-state index contributed by atoms with van der Waals surface area (Å²) in [5.74, 6) is 0.195. The Hall–Kier alpha value is -1.23. The summed E-state index contributed by atoms with van der Waals surface area (Å²) in [5, 5.41) is 10.9. The summed E-state index contributed by atoms with van der Waals surface area (Å²) in [6, 6.07) is 7.85. The molecule has 0 unspecified atom stereocenters. The fraction of sp³-hybridized carbons (Fsp3) is 0.400. The van der Waals surface area contributed by atoms with Crippen LogP contribution in [-0.2, 0) is 0 Å². The number of halogens is 2. The molecule has 0 fully saturated rings. The molecule has 0 atom stereocenters. The molecule has 0 amide bonds. The van der Waals surface area contributed by atoms with Crippen LogP contribution in [0.5, 0.6) is 5.88 Å². The number of fused-ring (bicyclic) bond motifs is 1. The summed E-state index contributed by atoms with van der Waals surface area (Å²) in [7, 11) is 0. The smallest absolute Gasteiger partial charge is 0.198 e. The Morgan fingerprint density at radius 1 is 1.24 bits per heavy atom. The van der Waals surface area contributed by atoms with Gasteiger partial charge in [0.1, 0.15) is 0 Å². The molecule has 3 N–H and O–H groups in total. The van der Waals surface area contributed by atoms with Crippen molar-refractivity contribution in [1.29, 1.82) is 0 Å². The molecular formula is C15H23Cl2N3O. The molecule has 0 radical (unpaired) electrons. The first-order chi connectivity index (χ1) is 9.26. The van der Waals surface area contributed by atoms with Crippen LogP contribution in [0.3, 0.4) is 0 Å². The predicted octanol–water partition coefficient (Wildman–Crippen LogP) is -1.36. The zero-order chi connectivity index (χ0) is 13.7. The Kier molecular flexibility index (Phi) is 9.09. The van der Waals surface area contributed by atoms with Crippen LogP contribution in [0.2, 0.25) is 0 Å². The van der Waals surface area contributed by atoms with E-state index in [0.717, 1.165) is 42.6 Å². The quantitative estimate of drug-likeness (QED) is 0.563. The second-order valence-electron chi connectivity index (χ2n) is 4.68. The molecule has 1 heterocycles. The summed E-state index contributed by atoms with van der Waals surface area (Å²) in [4.78, 5) is 8.93. The fourth-order valence-electron chi connectivity index (χ4n) is 2.26. The van der Waals surface area contributed by atoms with Crippen molar-refractivity contribution in [2.24, 2.45) is 4.99 Å². The molecule has 1 aromatic heterocycles. The van der Waals surface area contributed by atoms with Gasteiger partial charge in [-0.15, -0.1) is 12.4 Å². The van der Waals surface area contributed by atoms with Gasteiger partial charge < -0.3 is 27.4 Å². The number of aromatic hydroxyl groups is 1. The Morgan fingerprint density at radius 3 is 2.57 bits per heavy atom. The van der Waals surface area contributed by atoms with Crippen molar-refractivity contribution in [2.75, 3.05) is 26.2 Å². The third-order valence-corrected chi connectivity index (χ3v) is 3.54. The molecule has 21 heavy (non-hydrogen) atoms. The monoisotopic (exact) mass is 331 g/mol. The van der Waals surface area contributed by atoms with Crippen molar-refractivity contribution in [3.8, 4) is 5.88 Å². The van der Waals surface area contributed by atoms with Crippen molar-refractivity contribution < 1.29 is 22.4 Å². The minimum atomic E-state index is 0. The zero-order valence-electron chi connectivity index (χ0n) is 12.4. The van der Waals surface area contributed by atoms with E-state index < -0.39 is 0 Å². The minimum Gasteiger partial charge on any atom is -1.00 e. The number of rotatable bonds is 6. The van der Waals surface area contributed by atoms with Crippen LogP contribution in [0.25, 0.3) is 10.9 Å². The number of hydrogen-bond acceptors (Lipinski definition) is 2. The van der Waals surface area contributed by atoms with Gasteiger partial charge in [-0.05, 0) is 19.9 Å². The van der Waals surface area contributed by atoms with Crippen molar-refractivity contribution in [2.45, 2.75) is 13.8 Å². The molecule has 2 aromatic rings. The first kappa shape index (κ1) is 19.8. The second-order valence-corrected chi connectivity index (χ2v) is 4.68. The number of likely N-dealkylation sites (N-methyl/N-ethyl adjacent to an activating group) is 1. The second kappa shape index (κ2) is 9.66. The first-order valence-corrected chi connectivity index (χ1v) is 6.89. The van der Waals surface area contributed by atoms with Crippen LogP contribution in [0.1, 0.15) is 19.4 Å². The number of hydrogen-bond donors (Lipinski definition) is 3. The van der Waals surface area contributed by atoms with E-state index in [9.17, 15) is 5.11 Å². The van der Waals surface area contributed by atoms with Crippen molar-refractivity contribution in [3.05, 3.63) is 29.8 Å². The highest BCUT2D eigenvalue weighted by atomic mass is 35.5. The zero-order valence-corrected chi connectivity index (χ0v) is 14.0. The molecule has 0 saturated heterocycles. The van der Waals surface area contributed by atoms with E-state index in [1.807, 2.05) is 24.3 Å². The predicted molar refractivity (Wildman–Crippen MR) is 86.6 cm³/mol. The van der Waals surface area contributed by atoms with E-state index in [2.05, 4.69) is 23.8 Å². The van der Waals surface area contributed by atoms with Crippen LogP contribution < -0.4 is 17.3 Å². The number of quaternary nitrogens is 1. The number of aromatic amines is 1. The molecule has 0 spiro atoms. The number of nitrogens with one attached hydrogen (secondary N) is 2. The largest absolute Gasteiger partial charge is 1.00 e. The highest BCUT2D eigenvalue weighted by Crippen LogP contribution is 2.24. The standard InChI is InChI=1S/C15H21N3O.2ClH/c1-3-18(4-2)10-9-16-11-13-12-7-5-6-8-14(12)17-15(13)19;;/h5-8,11,17,19H,3-4,9-10H2,1-2H3;2*1H. The number of H-pyrrole nitrogens is 1. The Morgan fingerprint density at radius 2 is 1.90 bits per heavy atom. The van der Waals surface area contributed by atoms with Crippen molar-refractivity contribution in [3.63, 3.8) is 0 Å². The summed E-state index contributed by atoms with van der Waals surface area (Å²) < 4.78 is 0. The molecule has 1 aromatic carbocycles. The van der Waals surface area contributed by atoms with Gasteiger partial charge in [0.05, 0.1) is 31.7 Å². The number of nitrogens with zero attached hydrogens (tertiary/aromatic N) is 1. The van der Waals surface area contributed by atoms with Crippen LogP contribution in [0, 0.1) is 0 Å². The van der Waals surface area contributed by atoms with E-state index in [1.165, 1.54) is 0 Å². The molecule has 0 bridgehead atoms. The van der Waals surface area contributed by atoms with Gasteiger partial charge in [0.2, 0.25) is 0 Å². The van der Waals surface area contributed by atoms with Crippen LogP contribution in [-0.4, -0.2) is 42.5 Å². The fourth-order valence-corrected chi connectivity index (χ4v) is 2.26. The van der Waals surface area contributed by atoms with E-state index >= 15 is 0 Å². The number of para-hydroxylation sites is 1. The molecule has 2 rings (SSSR count). The average Bonchev–Trinajstić information content (AvgIpc) is 2.75. The van der Waals surface area contributed by atoms with Gasteiger partial charge in [-0.3, -0.25) is 4.99 Å². The van der Waals surface area contributed by atoms with E-state index in [4.69, 9.17) is 0 Å². The van der Waals surface area contributed by atoms with Gasteiger partial charge in [0.25, 0.3) is 0 Å². The highest BCUT2D eigenvalue weighted by molar-refractivity contribution is 6.01. The summed E-state index contributed by atoms with van der Waals surface area (Å²) in [6.45, 7) is 8.46. The van der Waals surface area contributed by atoms with E-state index in [1.54, 1.807) is 11.1 Å². The maximum absolute atomic E-state index is 9.88. The van der Waals surface area contributed by atoms with Gasteiger partial charge in [-0.2, -0.15) is 0 Å². The number of aromatic nitrogens is 1. The Labute approximate surface area is 138 Å². The van der Waals surface area contributed by atoms with Gasteiger partial charge >= 0.3 is 0 Å². The molecule has 4 nitrogen and oxygen atoms in total. The summed E-state index contributed by atoms with van der Waals surface area (Å²) in [5.41, 5.74) is 1.72. The van der Waals surface area contributed by atoms with Crippen LogP contribution in [0.15, 0.2) is 29.3 Å². The van der Waals surface area contributed by atoms with Gasteiger partial charge in [-0.25, -0.2) is 0 Å². The van der Waals surface area contributed by atoms with E-state index in [-0.39, 0.29) is 30.7 Å². The summed E-state index contributed by atoms with van der Waals surface area (Å²) in [6.07, 6.45) is 1.77. The molecule has 0 saturated carbocycles. The lowest BCUT2D eigenvalue weighted by atomic mass is 10.2. The lowest BCUT2D eigenvalue weighted by molar-refractivity contribution is -0.894. The molecule has 0 aliphatic carbocycles. The van der Waals surface area contributed by atoms with Gasteiger partial charge in [0.15, 0.2) is 5.88 Å².